The van der Waals surface area contributed by atoms with Gasteiger partial charge in [-0.05, 0) is 33.2 Å². The molecule has 1 atom stereocenters. The molecule has 0 radical (unpaired) electrons. The van der Waals surface area contributed by atoms with Crippen molar-refractivity contribution in [3.63, 3.8) is 0 Å². The van der Waals surface area contributed by atoms with E-state index < -0.39 is 0 Å². The van der Waals surface area contributed by atoms with Crippen LogP contribution in [0.25, 0.3) is 0 Å². The minimum atomic E-state index is -0.146. The lowest BCUT2D eigenvalue weighted by Gasteiger charge is -2.17. The summed E-state index contributed by atoms with van der Waals surface area (Å²) < 4.78 is 10.4. The zero-order valence-corrected chi connectivity index (χ0v) is 9.70. The minimum Gasteiger partial charge on any atom is -0.465 e. The lowest BCUT2D eigenvalue weighted by Crippen LogP contribution is -2.30. The van der Waals surface area contributed by atoms with Gasteiger partial charge in [0.2, 0.25) is 0 Å². The van der Waals surface area contributed by atoms with Gasteiger partial charge in [-0.1, -0.05) is 0 Å². The smallest absolute Gasteiger partial charge is 0.320 e. The molecule has 1 heterocycles. The molecule has 15 heavy (non-hydrogen) atoms. The van der Waals surface area contributed by atoms with Gasteiger partial charge < -0.3 is 9.47 Å². The van der Waals surface area contributed by atoms with E-state index in [0.29, 0.717) is 19.3 Å². The SMILES string of the molecule is CCOC(=O)CN(C)CCC1CCCO1. The number of hydrogen-bond donors (Lipinski definition) is 0. The van der Waals surface area contributed by atoms with E-state index in [1.165, 1.54) is 6.42 Å². The molecule has 0 aliphatic carbocycles. The number of hydrogen-bond acceptors (Lipinski definition) is 4. The van der Waals surface area contributed by atoms with E-state index in [2.05, 4.69) is 0 Å². The van der Waals surface area contributed by atoms with E-state index in [4.69, 9.17) is 9.47 Å². The molecule has 0 amide bonds. The third-order valence-corrected chi connectivity index (χ3v) is 2.56. The van der Waals surface area contributed by atoms with Crippen LogP contribution in [-0.4, -0.2) is 50.3 Å². The highest BCUT2D eigenvalue weighted by atomic mass is 16.5. The quantitative estimate of drug-likeness (QED) is 0.621. The first-order valence-electron chi connectivity index (χ1n) is 5.68. The Kier molecular flexibility index (Phi) is 5.65. The Morgan fingerprint density at radius 3 is 3.00 bits per heavy atom. The minimum absolute atomic E-state index is 0.146. The zero-order chi connectivity index (χ0) is 11.1. The van der Waals surface area contributed by atoms with Crippen molar-refractivity contribution in [2.45, 2.75) is 32.3 Å². The Labute approximate surface area is 91.5 Å². The molecule has 0 aromatic heterocycles. The van der Waals surface area contributed by atoms with Crippen molar-refractivity contribution in [3.05, 3.63) is 0 Å². The van der Waals surface area contributed by atoms with Crippen molar-refractivity contribution in [2.75, 3.05) is 33.4 Å². The highest BCUT2D eigenvalue weighted by molar-refractivity contribution is 5.71. The molecule has 0 spiro atoms. The second-order valence-corrected chi connectivity index (χ2v) is 3.97. The maximum atomic E-state index is 11.2. The van der Waals surface area contributed by atoms with Crippen LogP contribution in [-0.2, 0) is 14.3 Å². The van der Waals surface area contributed by atoms with Crippen LogP contribution in [0.15, 0.2) is 0 Å². The molecule has 4 heteroatoms. The summed E-state index contributed by atoms with van der Waals surface area (Å²) in [6.45, 7) is 4.44. The van der Waals surface area contributed by atoms with Crippen LogP contribution in [0.1, 0.15) is 26.2 Å². The van der Waals surface area contributed by atoms with E-state index in [1.807, 2.05) is 18.9 Å². The Bertz CT molecular complexity index is 190. The van der Waals surface area contributed by atoms with Gasteiger partial charge in [-0.2, -0.15) is 0 Å². The zero-order valence-electron chi connectivity index (χ0n) is 9.70. The highest BCUT2D eigenvalue weighted by Crippen LogP contribution is 2.15. The van der Waals surface area contributed by atoms with Crippen LogP contribution < -0.4 is 0 Å². The summed E-state index contributed by atoms with van der Waals surface area (Å²) in [5.74, 6) is -0.146. The monoisotopic (exact) mass is 215 g/mol. The Hall–Kier alpha value is -0.610. The molecule has 1 unspecified atom stereocenters. The molecule has 0 N–H and O–H groups in total. The molecule has 1 aliphatic heterocycles. The van der Waals surface area contributed by atoms with Crippen molar-refractivity contribution in [1.82, 2.24) is 4.90 Å². The molecular formula is C11H21NO3. The highest BCUT2D eigenvalue weighted by Gasteiger charge is 2.16. The summed E-state index contributed by atoms with van der Waals surface area (Å²) in [6, 6.07) is 0. The Balaban J connectivity index is 2.06. The lowest BCUT2D eigenvalue weighted by atomic mass is 10.2. The van der Waals surface area contributed by atoms with Gasteiger partial charge in [0.1, 0.15) is 0 Å². The van der Waals surface area contributed by atoms with Crippen LogP contribution in [0.2, 0.25) is 0 Å². The predicted molar refractivity (Wildman–Crippen MR) is 57.7 cm³/mol. The number of ether oxygens (including phenoxy) is 2. The van der Waals surface area contributed by atoms with Crippen LogP contribution >= 0.6 is 0 Å². The molecule has 0 aromatic rings. The fourth-order valence-corrected chi connectivity index (χ4v) is 1.74. The van der Waals surface area contributed by atoms with E-state index in [0.717, 1.165) is 26.0 Å². The molecule has 1 aliphatic rings. The van der Waals surface area contributed by atoms with Gasteiger partial charge in [0.05, 0.1) is 19.3 Å². The fraction of sp³-hybridized carbons (Fsp3) is 0.909. The standard InChI is InChI=1S/C11H21NO3/c1-3-14-11(13)9-12(2)7-6-10-5-4-8-15-10/h10H,3-9H2,1-2H3. The van der Waals surface area contributed by atoms with E-state index in [9.17, 15) is 4.79 Å². The largest absolute Gasteiger partial charge is 0.465 e. The summed E-state index contributed by atoms with van der Waals surface area (Å²) in [4.78, 5) is 13.1. The van der Waals surface area contributed by atoms with Crippen molar-refractivity contribution in [2.24, 2.45) is 0 Å². The predicted octanol–water partition coefficient (Wildman–Crippen LogP) is 1.05. The summed E-state index contributed by atoms with van der Waals surface area (Å²) in [5, 5.41) is 0. The summed E-state index contributed by atoms with van der Waals surface area (Å²) >= 11 is 0. The van der Waals surface area contributed by atoms with Gasteiger partial charge in [-0.25, -0.2) is 0 Å². The number of carbonyl (C=O) groups is 1. The van der Waals surface area contributed by atoms with Crippen molar-refractivity contribution < 1.29 is 14.3 Å². The maximum absolute atomic E-state index is 11.2. The van der Waals surface area contributed by atoms with E-state index >= 15 is 0 Å². The number of esters is 1. The second kappa shape index (κ2) is 6.80. The Morgan fingerprint density at radius 2 is 2.40 bits per heavy atom. The lowest BCUT2D eigenvalue weighted by molar-refractivity contribution is -0.144. The maximum Gasteiger partial charge on any atom is 0.320 e. The molecule has 0 bridgehead atoms. The molecule has 4 nitrogen and oxygen atoms in total. The molecule has 0 aromatic carbocycles. The third-order valence-electron chi connectivity index (χ3n) is 2.56. The number of likely N-dealkylation sites (N-methyl/N-ethyl adjacent to an activating group) is 1. The number of rotatable bonds is 6. The van der Waals surface area contributed by atoms with Crippen LogP contribution in [0, 0.1) is 0 Å². The Morgan fingerprint density at radius 1 is 1.60 bits per heavy atom. The van der Waals surface area contributed by atoms with Crippen molar-refractivity contribution >= 4 is 5.97 Å². The van der Waals surface area contributed by atoms with Gasteiger partial charge in [0.15, 0.2) is 0 Å². The van der Waals surface area contributed by atoms with Crippen molar-refractivity contribution in [3.8, 4) is 0 Å². The van der Waals surface area contributed by atoms with E-state index in [1.54, 1.807) is 0 Å². The van der Waals surface area contributed by atoms with Gasteiger partial charge in [0, 0.05) is 13.2 Å². The fourth-order valence-electron chi connectivity index (χ4n) is 1.74. The third kappa shape index (κ3) is 5.14. The molecule has 1 fully saturated rings. The first kappa shape index (κ1) is 12.5. The first-order valence-corrected chi connectivity index (χ1v) is 5.68. The van der Waals surface area contributed by atoms with Crippen LogP contribution in [0.4, 0.5) is 0 Å². The molecule has 1 saturated heterocycles. The average molecular weight is 215 g/mol. The van der Waals surface area contributed by atoms with Crippen LogP contribution in [0.3, 0.4) is 0 Å². The topological polar surface area (TPSA) is 38.8 Å². The van der Waals surface area contributed by atoms with Gasteiger partial charge in [-0.3, -0.25) is 9.69 Å². The molecule has 88 valence electrons. The average Bonchev–Trinajstić information content (AvgIpc) is 2.67. The van der Waals surface area contributed by atoms with Gasteiger partial charge in [-0.15, -0.1) is 0 Å². The molecular weight excluding hydrogens is 194 g/mol. The second-order valence-electron chi connectivity index (χ2n) is 3.97. The number of nitrogens with zero attached hydrogens (tertiary/aromatic N) is 1. The van der Waals surface area contributed by atoms with Crippen LogP contribution in [0.5, 0.6) is 0 Å². The molecule has 0 saturated carbocycles. The first-order chi connectivity index (χ1) is 7.22. The van der Waals surface area contributed by atoms with Gasteiger partial charge in [0.25, 0.3) is 0 Å². The summed E-state index contributed by atoms with van der Waals surface area (Å²) in [7, 11) is 1.94. The van der Waals surface area contributed by atoms with E-state index in [-0.39, 0.29) is 5.97 Å². The number of carbonyl (C=O) groups excluding carboxylic acids is 1. The normalized spacial score (nSPS) is 20.9. The summed E-state index contributed by atoms with van der Waals surface area (Å²) in [5.41, 5.74) is 0. The molecule has 1 rings (SSSR count). The van der Waals surface area contributed by atoms with Crippen molar-refractivity contribution in [1.29, 1.82) is 0 Å². The summed E-state index contributed by atoms with van der Waals surface area (Å²) in [6.07, 6.45) is 3.74. The van der Waals surface area contributed by atoms with Gasteiger partial charge >= 0.3 is 5.97 Å².